The van der Waals surface area contributed by atoms with Crippen molar-refractivity contribution >= 4 is 21.9 Å². The predicted octanol–water partition coefficient (Wildman–Crippen LogP) is 3.82. The highest BCUT2D eigenvalue weighted by Crippen LogP contribution is 2.31. The molecular weight excluding hydrogens is 338 g/mol. The van der Waals surface area contributed by atoms with Crippen molar-refractivity contribution in [2.24, 2.45) is 0 Å². The number of carboxylic acids is 1. The summed E-state index contributed by atoms with van der Waals surface area (Å²) in [6.45, 7) is 0. The van der Waals surface area contributed by atoms with Crippen LogP contribution in [0.25, 0.3) is 0 Å². The van der Waals surface area contributed by atoms with Gasteiger partial charge in [-0.25, -0.2) is 4.79 Å². The van der Waals surface area contributed by atoms with Gasteiger partial charge in [0.1, 0.15) is 28.9 Å². The summed E-state index contributed by atoms with van der Waals surface area (Å²) in [5.74, 6) is -0.0295. The van der Waals surface area contributed by atoms with Crippen LogP contribution < -0.4 is 9.47 Å². The predicted molar refractivity (Wildman–Crippen MR) is 78.9 cm³/mol. The third-order valence-electron chi connectivity index (χ3n) is 2.71. The number of benzene rings is 2. The van der Waals surface area contributed by atoms with Crippen LogP contribution in [0.15, 0.2) is 40.9 Å². The zero-order valence-corrected chi connectivity index (χ0v) is 12.5. The zero-order chi connectivity index (χ0) is 15.4. The first kappa shape index (κ1) is 14.9. The number of carbonyl (C=O) groups is 1. The van der Waals surface area contributed by atoms with Crippen LogP contribution >= 0.6 is 15.9 Å². The Balaban J connectivity index is 2.40. The Labute approximate surface area is 129 Å². The number of ether oxygens (including phenoxy) is 2. The summed E-state index contributed by atoms with van der Waals surface area (Å²) in [5, 5.41) is 18.0. The van der Waals surface area contributed by atoms with Crippen LogP contribution in [0.3, 0.4) is 0 Å². The quantitative estimate of drug-likeness (QED) is 0.909. The fraction of sp³-hybridized carbons (Fsp3) is 0.0667. The van der Waals surface area contributed by atoms with E-state index in [1.165, 1.54) is 19.2 Å². The van der Waals surface area contributed by atoms with Crippen LogP contribution in [-0.4, -0.2) is 18.2 Å². The Morgan fingerprint density at radius 2 is 1.95 bits per heavy atom. The molecule has 0 spiro atoms. The molecular formula is C15H10BrNO4. The number of nitriles is 1. The molecule has 0 bridgehead atoms. The topological polar surface area (TPSA) is 79.6 Å². The normalized spacial score (nSPS) is 9.76. The van der Waals surface area contributed by atoms with E-state index in [0.717, 1.165) is 0 Å². The molecule has 0 saturated carbocycles. The third kappa shape index (κ3) is 3.33. The summed E-state index contributed by atoms with van der Waals surface area (Å²) in [6, 6.07) is 11.2. The smallest absolute Gasteiger partial charge is 0.339 e. The molecule has 106 valence electrons. The maximum Gasteiger partial charge on any atom is 0.339 e. The third-order valence-corrected chi connectivity index (χ3v) is 3.36. The van der Waals surface area contributed by atoms with E-state index in [1.807, 2.05) is 6.07 Å². The van der Waals surface area contributed by atoms with E-state index in [2.05, 4.69) is 15.9 Å². The highest BCUT2D eigenvalue weighted by molar-refractivity contribution is 9.10. The zero-order valence-electron chi connectivity index (χ0n) is 11.0. The molecule has 0 aliphatic rings. The standard InChI is InChI=1S/C15H10BrNO4/c1-20-10-4-5-12(15(18)19)14(7-10)21-11-3-2-9(8-17)13(16)6-11/h2-7H,1H3,(H,18,19). The van der Waals surface area contributed by atoms with Crippen LogP contribution in [-0.2, 0) is 0 Å². The van der Waals surface area contributed by atoms with Gasteiger partial charge in [-0.05, 0) is 46.3 Å². The number of rotatable bonds is 4. The molecule has 0 aromatic heterocycles. The van der Waals surface area contributed by atoms with E-state index < -0.39 is 5.97 Å². The average Bonchev–Trinajstić information content (AvgIpc) is 2.47. The van der Waals surface area contributed by atoms with Gasteiger partial charge < -0.3 is 14.6 Å². The van der Waals surface area contributed by atoms with Crippen LogP contribution in [0, 0.1) is 11.3 Å². The van der Waals surface area contributed by atoms with Crippen molar-refractivity contribution in [1.82, 2.24) is 0 Å². The van der Waals surface area contributed by atoms with Gasteiger partial charge in [-0.2, -0.15) is 5.26 Å². The number of aromatic carboxylic acids is 1. The SMILES string of the molecule is COc1ccc(C(=O)O)c(Oc2ccc(C#N)c(Br)c2)c1. The van der Waals surface area contributed by atoms with E-state index in [0.29, 0.717) is 21.5 Å². The molecule has 0 heterocycles. The van der Waals surface area contributed by atoms with Gasteiger partial charge in [0, 0.05) is 10.5 Å². The Morgan fingerprint density at radius 1 is 1.24 bits per heavy atom. The number of methoxy groups -OCH3 is 1. The second-order valence-corrected chi connectivity index (χ2v) is 4.88. The molecule has 5 nitrogen and oxygen atoms in total. The Bertz CT molecular complexity index is 737. The van der Waals surface area contributed by atoms with Crippen molar-refractivity contribution in [1.29, 1.82) is 5.26 Å². The van der Waals surface area contributed by atoms with E-state index in [9.17, 15) is 9.90 Å². The van der Waals surface area contributed by atoms with Gasteiger partial charge in [0.15, 0.2) is 0 Å². The van der Waals surface area contributed by atoms with Crippen LogP contribution in [0.1, 0.15) is 15.9 Å². The number of hydrogen-bond acceptors (Lipinski definition) is 4. The van der Waals surface area contributed by atoms with Crippen LogP contribution in [0.4, 0.5) is 0 Å². The minimum atomic E-state index is -1.10. The Morgan fingerprint density at radius 3 is 2.52 bits per heavy atom. The fourth-order valence-corrected chi connectivity index (χ4v) is 2.11. The first-order valence-electron chi connectivity index (χ1n) is 5.84. The first-order valence-corrected chi connectivity index (χ1v) is 6.63. The molecule has 21 heavy (non-hydrogen) atoms. The number of halogens is 1. The lowest BCUT2D eigenvalue weighted by Gasteiger charge is -2.11. The monoisotopic (exact) mass is 347 g/mol. The lowest BCUT2D eigenvalue weighted by Crippen LogP contribution is -2.00. The van der Waals surface area contributed by atoms with Gasteiger partial charge in [-0.1, -0.05) is 0 Å². The van der Waals surface area contributed by atoms with Gasteiger partial charge >= 0.3 is 5.97 Å². The Hall–Kier alpha value is -2.52. The van der Waals surface area contributed by atoms with Crippen molar-refractivity contribution in [2.45, 2.75) is 0 Å². The average molecular weight is 348 g/mol. The summed E-state index contributed by atoms with van der Waals surface area (Å²) in [5.41, 5.74) is 0.489. The maximum absolute atomic E-state index is 11.2. The molecule has 2 rings (SSSR count). The maximum atomic E-state index is 11.2. The molecule has 0 amide bonds. The molecule has 6 heteroatoms. The van der Waals surface area contributed by atoms with Gasteiger partial charge in [-0.15, -0.1) is 0 Å². The molecule has 2 aromatic rings. The van der Waals surface area contributed by atoms with Crippen molar-refractivity contribution in [3.63, 3.8) is 0 Å². The highest BCUT2D eigenvalue weighted by atomic mass is 79.9. The van der Waals surface area contributed by atoms with Crippen molar-refractivity contribution in [2.75, 3.05) is 7.11 Å². The van der Waals surface area contributed by atoms with Crippen LogP contribution in [0.5, 0.6) is 17.2 Å². The minimum absolute atomic E-state index is 0.0243. The number of nitrogens with zero attached hydrogens (tertiary/aromatic N) is 1. The lowest BCUT2D eigenvalue weighted by molar-refractivity contribution is 0.0694. The van der Waals surface area contributed by atoms with E-state index in [1.54, 1.807) is 24.3 Å². The molecule has 2 aromatic carbocycles. The first-order chi connectivity index (χ1) is 10.0. The molecule has 0 unspecified atom stereocenters. The van der Waals surface area contributed by atoms with Crippen molar-refractivity contribution in [3.8, 4) is 23.3 Å². The van der Waals surface area contributed by atoms with E-state index in [4.69, 9.17) is 14.7 Å². The molecule has 0 aliphatic heterocycles. The molecule has 0 aliphatic carbocycles. The summed E-state index contributed by atoms with van der Waals surface area (Å²) in [7, 11) is 1.48. The number of carboxylic acid groups (broad SMARTS) is 1. The highest BCUT2D eigenvalue weighted by Gasteiger charge is 2.14. The molecule has 0 fully saturated rings. The fourth-order valence-electron chi connectivity index (χ4n) is 1.67. The van der Waals surface area contributed by atoms with Gasteiger partial charge in [0.25, 0.3) is 0 Å². The molecule has 0 saturated heterocycles. The summed E-state index contributed by atoms with van der Waals surface area (Å²) in [4.78, 5) is 11.2. The molecule has 0 atom stereocenters. The van der Waals surface area contributed by atoms with Crippen LogP contribution in [0.2, 0.25) is 0 Å². The molecule has 0 radical (unpaired) electrons. The second kappa shape index (κ2) is 6.29. The van der Waals surface area contributed by atoms with Crippen molar-refractivity contribution < 1.29 is 19.4 Å². The van der Waals surface area contributed by atoms with E-state index in [-0.39, 0.29) is 11.3 Å². The van der Waals surface area contributed by atoms with E-state index >= 15 is 0 Å². The lowest BCUT2D eigenvalue weighted by atomic mass is 10.2. The largest absolute Gasteiger partial charge is 0.497 e. The Kier molecular flexibility index (Phi) is 4.45. The summed E-state index contributed by atoms with van der Waals surface area (Å²) in [6.07, 6.45) is 0. The second-order valence-electron chi connectivity index (χ2n) is 4.02. The van der Waals surface area contributed by atoms with Gasteiger partial charge in [0.05, 0.1) is 12.7 Å². The summed E-state index contributed by atoms with van der Waals surface area (Å²) < 4.78 is 11.2. The minimum Gasteiger partial charge on any atom is -0.497 e. The number of hydrogen-bond donors (Lipinski definition) is 1. The molecule has 1 N–H and O–H groups in total. The van der Waals surface area contributed by atoms with Gasteiger partial charge in [-0.3, -0.25) is 0 Å². The summed E-state index contributed by atoms with van der Waals surface area (Å²) >= 11 is 3.25. The van der Waals surface area contributed by atoms with Crippen molar-refractivity contribution in [3.05, 3.63) is 52.0 Å². The van der Waals surface area contributed by atoms with Gasteiger partial charge in [0.2, 0.25) is 0 Å².